The minimum absolute atomic E-state index is 0.0843. The summed E-state index contributed by atoms with van der Waals surface area (Å²) in [5, 5.41) is 8.75. The molecule has 0 saturated carbocycles. The summed E-state index contributed by atoms with van der Waals surface area (Å²) in [4.78, 5) is 12.4. The summed E-state index contributed by atoms with van der Waals surface area (Å²) >= 11 is 5.62. The number of amides is 2. The fourth-order valence-corrected chi connectivity index (χ4v) is 1.97. The van der Waals surface area contributed by atoms with Crippen molar-refractivity contribution in [2.45, 2.75) is 13.1 Å². The van der Waals surface area contributed by atoms with E-state index in [1.807, 2.05) is 5.32 Å². The quantitative estimate of drug-likeness (QED) is 0.550. The molecule has 20 heavy (non-hydrogen) atoms. The first kappa shape index (κ1) is 16.1. The Morgan fingerprint density at radius 3 is 2.45 bits per heavy atom. The molecule has 1 aromatic carbocycles. The van der Waals surface area contributed by atoms with Crippen molar-refractivity contribution in [1.29, 1.82) is 5.41 Å². The van der Waals surface area contributed by atoms with E-state index in [9.17, 15) is 18.0 Å². The highest BCUT2D eigenvalue weighted by atomic mass is 35.5. The molecule has 1 rings (SSSR count). The van der Waals surface area contributed by atoms with Crippen LogP contribution in [0.3, 0.4) is 0 Å². The fraction of sp³-hybridized carbons (Fsp3) is 0.273. The van der Waals surface area contributed by atoms with E-state index < -0.39 is 23.7 Å². The van der Waals surface area contributed by atoms with Gasteiger partial charge in [-0.15, -0.1) is 0 Å². The fourth-order valence-electron chi connectivity index (χ4n) is 1.70. The molecule has 4 N–H and O–H groups in total. The van der Waals surface area contributed by atoms with Crippen molar-refractivity contribution in [2.75, 3.05) is 11.9 Å². The largest absolute Gasteiger partial charge is 0.418 e. The van der Waals surface area contributed by atoms with Gasteiger partial charge in [0.15, 0.2) is 5.96 Å². The number of carbonyl (C=O) groups excluding carboxylic acids is 1. The molecular weight excluding hydrogens is 297 g/mol. The van der Waals surface area contributed by atoms with Crippen molar-refractivity contribution < 1.29 is 18.0 Å². The zero-order valence-corrected chi connectivity index (χ0v) is 11.4. The second-order valence-corrected chi connectivity index (χ2v) is 4.46. The zero-order valence-electron chi connectivity index (χ0n) is 10.6. The van der Waals surface area contributed by atoms with Gasteiger partial charge in [0.1, 0.15) is 0 Å². The van der Waals surface area contributed by atoms with Gasteiger partial charge in [-0.05, 0) is 24.6 Å². The molecular formula is C11H12ClF3N4O. The highest BCUT2D eigenvalue weighted by molar-refractivity contribution is 6.30. The van der Waals surface area contributed by atoms with E-state index in [-0.39, 0.29) is 16.3 Å². The Labute approximate surface area is 118 Å². The molecule has 0 fully saturated rings. The van der Waals surface area contributed by atoms with E-state index in [0.717, 1.165) is 18.0 Å². The number of urea groups is 1. The Hall–Kier alpha value is -1.96. The van der Waals surface area contributed by atoms with E-state index in [0.29, 0.717) is 0 Å². The molecule has 0 saturated heterocycles. The van der Waals surface area contributed by atoms with Gasteiger partial charge in [-0.1, -0.05) is 11.6 Å². The van der Waals surface area contributed by atoms with E-state index in [1.165, 1.54) is 13.0 Å². The van der Waals surface area contributed by atoms with Gasteiger partial charge < -0.3 is 5.73 Å². The average Bonchev–Trinajstić information content (AvgIpc) is 2.24. The molecule has 0 radical (unpaired) electrons. The van der Waals surface area contributed by atoms with E-state index in [4.69, 9.17) is 22.7 Å². The summed E-state index contributed by atoms with van der Waals surface area (Å²) in [6, 6.07) is 1.10. The average molecular weight is 309 g/mol. The molecule has 1 aromatic rings. The third-order valence-corrected chi connectivity index (χ3v) is 2.67. The SMILES string of the molecule is Cc1cc(Cl)cc(C(F)(F)F)c1N(C)C(=O)NC(=N)N. The Bertz CT molecular complexity index is 559. The van der Waals surface area contributed by atoms with Crippen LogP contribution in [0.25, 0.3) is 0 Å². The van der Waals surface area contributed by atoms with Crippen LogP contribution in [0, 0.1) is 12.3 Å². The van der Waals surface area contributed by atoms with Crippen molar-refractivity contribution >= 4 is 29.3 Å². The Morgan fingerprint density at radius 2 is 2.00 bits per heavy atom. The number of hydrogen-bond donors (Lipinski definition) is 3. The van der Waals surface area contributed by atoms with Crippen LogP contribution in [-0.2, 0) is 6.18 Å². The van der Waals surface area contributed by atoms with Crippen molar-refractivity contribution in [2.24, 2.45) is 5.73 Å². The van der Waals surface area contributed by atoms with E-state index in [1.54, 1.807) is 0 Å². The van der Waals surface area contributed by atoms with Crippen molar-refractivity contribution in [3.63, 3.8) is 0 Å². The summed E-state index contributed by atoms with van der Waals surface area (Å²) in [6.07, 6.45) is -4.67. The second kappa shape index (κ2) is 5.58. The first-order valence-corrected chi connectivity index (χ1v) is 5.68. The summed E-state index contributed by atoms with van der Waals surface area (Å²) in [6.45, 7) is 1.40. The third kappa shape index (κ3) is 3.53. The first-order valence-electron chi connectivity index (χ1n) is 5.30. The number of anilines is 1. The lowest BCUT2D eigenvalue weighted by atomic mass is 10.1. The zero-order chi connectivity index (χ0) is 15.7. The highest BCUT2D eigenvalue weighted by Gasteiger charge is 2.36. The van der Waals surface area contributed by atoms with Crippen molar-refractivity contribution in [1.82, 2.24) is 5.32 Å². The summed E-state index contributed by atoms with van der Waals surface area (Å²) < 4.78 is 39.0. The molecule has 0 aliphatic heterocycles. The molecule has 0 aliphatic carbocycles. The van der Waals surface area contributed by atoms with Gasteiger partial charge in [-0.25, -0.2) is 4.79 Å². The summed E-state index contributed by atoms with van der Waals surface area (Å²) in [5.41, 5.74) is 3.76. The number of benzene rings is 1. The molecule has 9 heteroatoms. The lowest BCUT2D eigenvalue weighted by Crippen LogP contribution is -2.44. The number of nitrogens with one attached hydrogen (secondary N) is 2. The highest BCUT2D eigenvalue weighted by Crippen LogP contribution is 2.40. The van der Waals surface area contributed by atoms with Crippen LogP contribution in [0.4, 0.5) is 23.7 Å². The van der Waals surface area contributed by atoms with Gasteiger partial charge in [0, 0.05) is 12.1 Å². The minimum atomic E-state index is -4.67. The lowest BCUT2D eigenvalue weighted by molar-refractivity contribution is -0.137. The molecule has 5 nitrogen and oxygen atoms in total. The number of aryl methyl sites for hydroxylation is 1. The lowest BCUT2D eigenvalue weighted by Gasteiger charge is -2.24. The van der Waals surface area contributed by atoms with Crippen LogP contribution < -0.4 is 16.0 Å². The molecule has 2 amide bonds. The number of nitrogens with two attached hydrogens (primary N) is 1. The van der Waals surface area contributed by atoms with Crippen LogP contribution in [0.5, 0.6) is 0 Å². The smallest absolute Gasteiger partial charge is 0.370 e. The Balaban J connectivity index is 3.36. The first-order chi connectivity index (χ1) is 9.04. The Morgan fingerprint density at radius 1 is 1.45 bits per heavy atom. The minimum Gasteiger partial charge on any atom is -0.370 e. The van der Waals surface area contributed by atoms with Gasteiger partial charge in [0.25, 0.3) is 0 Å². The second-order valence-electron chi connectivity index (χ2n) is 4.02. The van der Waals surface area contributed by atoms with Gasteiger partial charge in [0.05, 0.1) is 11.3 Å². The van der Waals surface area contributed by atoms with Crippen molar-refractivity contribution in [3.8, 4) is 0 Å². The van der Waals surface area contributed by atoms with E-state index >= 15 is 0 Å². The number of guanidine groups is 1. The number of halogens is 4. The van der Waals surface area contributed by atoms with Crippen LogP contribution in [-0.4, -0.2) is 19.0 Å². The maximum atomic E-state index is 13.0. The van der Waals surface area contributed by atoms with Gasteiger partial charge in [0.2, 0.25) is 0 Å². The molecule has 0 aromatic heterocycles. The summed E-state index contributed by atoms with van der Waals surface area (Å²) in [5.74, 6) is -0.665. The molecule has 0 bridgehead atoms. The number of alkyl halides is 3. The molecule has 0 atom stereocenters. The molecule has 0 spiro atoms. The maximum Gasteiger partial charge on any atom is 0.418 e. The van der Waals surface area contributed by atoms with Gasteiger partial charge in [-0.3, -0.25) is 15.6 Å². The molecule has 110 valence electrons. The third-order valence-electron chi connectivity index (χ3n) is 2.45. The topological polar surface area (TPSA) is 82.2 Å². The Kier molecular flexibility index (Phi) is 4.49. The maximum absolute atomic E-state index is 13.0. The molecule has 0 unspecified atom stereocenters. The predicted molar refractivity (Wildman–Crippen MR) is 70.0 cm³/mol. The van der Waals surface area contributed by atoms with Crippen LogP contribution in [0.1, 0.15) is 11.1 Å². The van der Waals surface area contributed by atoms with Crippen LogP contribution in [0.2, 0.25) is 5.02 Å². The normalized spacial score (nSPS) is 11.1. The number of carbonyl (C=O) groups is 1. The number of rotatable bonds is 1. The number of nitrogens with zero attached hydrogens (tertiary/aromatic N) is 1. The van der Waals surface area contributed by atoms with Gasteiger partial charge in [-0.2, -0.15) is 13.2 Å². The van der Waals surface area contributed by atoms with E-state index in [2.05, 4.69) is 0 Å². The predicted octanol–water partition coefficient (Wildman–Crippen LogP) is 2.71. The molecule has 0 aliphatic rings. The number of hydrogen-bond acceptors (Lipinski definition) is 2. The van der Waals surface area contributed by atoms with Gasteiger partial charge >= 0.3 is 12.2 Å². The monoisotopic (exact) mass is 308 g/mol. The summed E-state index contributed by atoms with van der Waals surface area (Å²) in [7, 11) is 1.14. The standard InChI is InChI=1S/C11H12ClF3N4O/c1-5-3-6(12)4-7(11(13,14)15)8(5)19(2)10(20)18-9(16)17/h3-4H,1-2H3,(H4,16,17,18,20). The van der Waals surface area contributed by atoms with Crippen LogP contribution in [0.15, 0.2) is 12.1 Å². The molecule has 0 heterocycles. The van der Waals surface area contributed by atoms with Crippen LogP contribution >= 0.6 is 11.6 Å². The van der Waals surface area contributed by atoms with Crippen molar-refractivity contribution in [3.05, 3.63) is 28.3 Å².